The first-order chi connectivity index (χ1) is 12.4. The van der Waals surface area contributed by atoms with Crippen molar-refractivity contribution in [3.63, 3.8) is 0 Å². The quantitative estimate of drug-likeness (QED) is 0.518. The SMILES string of the molecule is CC(C)(N)C#Cc1c(F)cnc2[nH]c3cnc(-c4cccnc4)cc3c12. The van der Waals surface area contributed by atoms with Crippen LogP contribution >= 0.6 is 0 Å². The van der Waals surface area contributed by atoms with Gasteiger partial charge in [0, 0.05) is 28.7 Å². The van der Waals surface area contributed by atoms with Crippen molar-refractivity contribution in [2.45, 2.75) is 19.4 Å². The summed E-state index contributed by atoms with van der Waals surface area (Å²) in [4.78, 5) is 15.9. The number of hydrogen-bond acceptors (Lipinski definition) is 4. The Morgan fingerprint density at radius 1 is 1.19 bits per heavy atom. The molecule has 4 aromatic heterocycles. The molecule has 0 aliphatic carbocycles. The number of pyridine rings is 3. The zero-order chi connectivity index (χ0) is 18.3. The summed E-state index contributed by atoms with van der Waals surface area (Å²) >= 11 is 0. The molecule has 0 aliphatic rings. The van der Waals surface area contributed by atoms with Crippen LogP contribution in [0.5, 0.6) is 0 Å². The lowest BCUT2D eigenvalue weighted by Crippen LogP contribution is -2.29. The van der Waals surface area contributed by atoms with Crippen LogP contribution < -0.4 is 5.73 Å². The summed E-state index contributed by atoms with van der Waals surface area (Å²) in [7, 11) is 0. The Labute approximate surface area is 149 Å². The molecule has 0 amide bonds. The number of halogens is 1. The number of aromatic amines is 1. The molecule has 4 aromatic rings. The predicted molar refractivity (Wildman–Crippen MR) is 99.7 cm³/mol. The van der Waals surface area contributed by atoms with Crippen LogP contribution in [0.15, 0.2) is 43.0 Å². The van der Waals surface area contributed by atoms with E-state index in [0.29, 0.717) is 11.0 Å². The lowest BCUT2D eigenvalue weighted by molar-refractivity contribution is 0.620. The molecule has 0 aliphatic heterocycles. The van der Waals surface area contributed by atoms with Gasteiger partial charge in [-0.15, -0.1) is 0 Å². The van der Waals surface area contributed by atoms with Crippen LogP contribution in [0.2, 0.25) is 0 Å². The van der Waals surface area contributed by atoms with Crippen LogP contribution in [0, 0.1) is 17.7 Å². The van der Waals surface area contributed by atoms with Gasteiger partial charge in [0.1, 0.15) is 5.65 Å². The zero-order valence-corrected chi connectivity index (χ0v) is 14.3. The highest BCUT2D eigenvalue weighted by atomic mass is 19.1. The molecular weight excluding hydrogens is 329 g/mol. The number of aromatic nitrogens is 4. The Bertz CT molecular complexity index is 1180. The van der Waals surface area contributed by atoms with Crippen molar-refractivity contribution in [3.05, 3.63) is 54.4 Å². The summed E-state index contributed by atoms with van der Waals surface area (Å²) in [5.41, 5.74) is 8.43. The van der Waals surface area contributed by atoms with Crippen molar-refractivity contribution in [1.82, 2.24) is 19.9 Å². The normalized spacial score (nSPS) is 11.5. The Morgan fingerprint density at radius 2 is 2.04 bits per heavy atom. The molecule has 5 nitrogen and oxygen atoms in total. The van der Waals surface area contributed by atoms with E-state index in [-0.39, 0.29) is 5.56 Å². The zero-order valence-electron chi connectivity index (χ0n) is 14.3. The molecule has 0 unspecified atom stereocenters. The van der Waals surface area contributed by atoms with Gasteiger partial charge in [-0.25, -0.2) is 9.37 Å². The van der Waals surface area contributed by atoms with Crippen molar-refractivity contribution in [2.24, 2.45) is 5.73 Å². The van der Waals surface area contributed by atoms with Crippen molar-refractivity contribution in [3.8, 4) is 23.1 Å². The smallest absolute Gasteiger partial charge is 0.157 e. The van der Waals surface area contributed by atoms with Crippen LogP contribution in [0.3, 0.4) is 0 Å². The second kappa shape index (κ2) is 5.90. The monoisotopic (exact) mass is 345 g/mol. The maximum Gasteiger partial charge on any atom is 0.157 e. The minimum absolute atomic E-state index is 0.281. The summed E-state index contributed by atoms with van der Waals surface area (Å²) in [5, 5.41) is 1.43. The van der Waals surface area contributed by atoms with E-state index >= 15 is 0 Å². The van der Waals surface area contributed by atoms with Crippen molar-refractivity contribution in [1.29, 1.82) is 0 Å². The van der Waals surface area contributed by atoms with Gasteiger partial charge < -0.3 is 10.7 Å². The van der Waals surface area contributed by atoms with E-state index in [1.165, 1.54) is 6.20 Å². The second-order valence-electron chi connectivity index (χ2n) is 6.66. The lowest BCUT2D eigenvalue weighted by Gasteiger charge is -2.08. The third-order valence-corrected chi connectivity index (χ3v) is 3.93. The summed E-state index contributed by atoms with van der Waals surface area (Å²) in [6, 6.07) is 5.66. The summed E-state index contributed by atoms with van der Waals surface area (Å²) in [6.45, 7) is 3.55. The van der Waals surface area contributed by atoms with E-state index in [1.807, 2.05) is 18.2 Å². The Morgan fingerprint density at radius 3 is 2.77 bits per heavy atom. The fourth-order valence-electron chi connectivity index (χ4n) is 2.75. The van der Waals surface area contributed by atoms with Gasteiger partial charge in [0.25, 0.3) is 0 Å². The van der Waals surface area contributed by atoms with Gasteiger partial charge in [0.2, 0.25) is 0 Å². The van der Waals surface area contributed by atoms with E-state index in [4.69, 9.17) is 5.73 Å². The second-order valence-corrected chi connectivity index (χ2v) is 6.66. The average molecular weight is 345 g/mol. The number of nitrogens with one attached hydrogen (secondary N) is 1. The molecule has 3 N–H and O–H groups in total. The van der Waals surface area contributed by atoms with Crippen LogP contribution in [-0.4, -0.2) is 25.5 Å². The topological polar surface area (TPSA) is 80.5 Å². The van der Waals surface area contributed by atoms with Gasteiger partial charge in [0.05, 0.1) is 34.7 Å². The van der Waals surface area contributed by atoms with Crippen LogP contribution in [0.1, 0.15) is 19.4 Å². The minimum atomic E-state index is -0.726. The number of nitrogens with zero attached hydrogens (tertiary/aromatic N) is 3. The Balaban J connectivity index is 2.02. The van der Waals surface area contributed by atoms with Gasteiger partial charge in [-0.2, -0.15) is 0 Å². The molecule has 0 atom stereocenters. The lowest BCUT2D eigenvalue weighted by atomic mass is 10.0. The molecule has 6 heteroatoms. The first-order valence-corrected chi connectivity index (χ1v) is 8.11. The largest absolute Gasteiger partial charge is 0.338 e. The Kier molecular flexibility index (Phi) is 3.67. The maximum atomic E-state index is 14.5. The summed E-state index contributed by atoms with van der Waals surface area (Å²) in [6.07, 6.45) is 6.32. The van der Waals surface area contributed by atoms with E-state index in [1.54, 1.807) is 32.4 Å². The van der Waals surface area contributed by atoms with Crippen LogP contribution in [-0.2, 0) is 0 Å². The molecule has 0 saturated carbocycles. The third-order valence-electron chi connectivity index (χ3n) is 3.93. The first kappa shape index (κ1) is 16.2. The molecule has 0 bridgehead atoms. The third kappa shape index (κ3) is 2.89. The summed E-state index contributed by atoms with van der Waals surface area (Å²) < 4.78 is 14.5. The minimum Gasteiger partial charge on any atom is -0.338 e. The number of fused-ring (bicyclic) bond motifs is 3. The molecule has 128 valence electrons. The number of nitrogens with two attached hydrogens (primary N) is 1. The van der Waals surface area contributed by atoms with Gasteiger partial charge in [-0.1, -0.05) is 11.8 Å². The van der Waals surface area contributed by atoms with E-state index in [9.17, 15) is 4.39 Å². The molecule has 4 heterocycles. The average Bonchev–Trinajstić information content (AvgIpc) is 2.99. The van der Waals surface area contributed by atoms with Gasteiger partial charge in [-0.05, 0) is 32.0 Å². The van der Waals surface area contributed by atoms with Crippen LogP contribution in [0.25, 0.3) is 33.2 Å². The van der Waals surface area contributed by atoms with Crippen molar-refractivity contribution in [2.75, 3.05) is 0 Å². The van der Waals surface area contributed by atoms with Crippen molar-refractivity contribution >= 4 is 21.9 Å². The molecule has 0 fully saturated rings. The molecule has 0 aromatic carbocycles. The molecular formula is C20H16FN5. The molecule has 0 spiro atoms. The first-order valence-electron chi connectivity index (χ1n) is 8.11. The maximum absolute atomic E-state index is 14.5. The molecule has 0 radical (unpaired) electrons. The van der Waals surface area contributed by atoms with Gasteiger partial charge >= 0.3 is 0 Å². The van der Waals surface area contributed by atoms with Gasteiger partial charge in [-0.3, -0.25) is 9.97 Å². The fraction of sp³-hybridized carbons (Fsp3) is 0.150. The summed E-state index contributed by atoms with van der Waals surface area (Å²) in [5.74, 6) is 5.31. The number of rotatable bonds is 1. The van der Waals surface area contributed by atoms with E-state index in [2.05, 4.69) is 31.8 Å². The molecule has 0 saturated heterocycles. The number of H-pyrrole nitrogens is 1. The van der Waals surface area contributed by atoms with E-state index < -0.39 is 11.4 Å². The highest BCUT2D eigenvalue weighted by Gasteiger charge is 2.15. The number of hydrogen-bond donors (Lipinski definition) is 2. The fourth-order valence-corrected chi connectivity index (χ4v) is 2.75. The standard InChI is InChI=1S/C20H16FN5/c1-20(2,22)6-5-13-15(21)10-25-19-18(13)14-8-16(24-11-17(14)26-19)12-4-3-7-23-9-12/h3-4,7-11H,22H2,1-2H3,(H,25,26). The highest BCUT2D eigenvalue weighted by Crippen LogP contribution is 2.30. The van der Waals surface area contributed by atoms with Crippen molar-refractivity contribution < 1.29 is 4.39 Å². The Hall–Kier alpha value is -3.30. The highest BCUT2D eigenvalue weighted by molar-refractivity contribution is 6.09. The van der Waals surface area contributed by atoms with E-state index in [0.717, 1.165) is 22.2 Å². The molecule has 26 heavy (non-hydrogen) atoms. The predicted octanol–water partition coefficient (Wildman–Crippen LogP) is 3.40. The molecule has 4 rings (SSSR count). The van der Waals surface area contributed by atoms with Crippen LogP contribution in [0.4, 0.5) is 4.39 Å². The van der Waals surface area contributed by atoms with Gasteiger partial charge in [0.15, 0.2) is 5.82 Å².